The zero-order chi connectivity index (χ0) is 14.3. The number of hydrogen-bond donors (Lipinski definition) is 1. The second-order valence-corrected chi connectivity index (χ2v) is 4.70. The third-order valence-corrected chi connectivity index (χ3v) is 3.21. The van der Waals surface area contributed by atoms with Gasteiger partial charge in [-0.1, -0.05) is 11.6 Å². The van der Waals surface area contributed by atoms with Crippen LogP contribution in [0.4, 0.5) is 4.39 Å². The third kappa shape index (κ3) is 2.04. The second-order valence-electron chi connectivity index (χ2n) is 4.26. The number of halogens is 2. The monoisotopic (exact) mass is 290 g/mol. The Kier molecular flexibility index (Phi) is 2.95. The van der Waals surface area contributed by atoms with Gasteiger partial charge in [0.1, 0.15) is 22.7 Å². The fourth-order valence-corrected chi connectivity index (χ4v) is 2.26. The van der Waals surface area contributed by atoms with Gasteiger partial charge in [0.15, 0.2) is 0 Å². The number of furan rings is 1. The quantitative estimate of drug-likeness (QED) is 0.751. The third-order valence-electron chi connectivity index (χ3n) is 2.97. The van der Waals surface area contributed by atoms with Crippen LogP contribution < -0.4 is 0 Å². The minimum absolute atomic E-state index is 0.0223. The molecule has 0 bridgehead atoms. The number of fused-ring (bicyclic) bond motifs is 1. The van der Waals surface area contributed by atoms with E-state index >= 15 is 0 Å². The molecule has 20 heavy (non-hydrogen) atoms. The lowest BCUT2D eigenvalue weighted by molar-refractivity contribution is 0.0699. The summed E-state index contributed by atoms with van der Waals surface area (Å²) in [4.78, 5) is 11.5. The molecule has 100 valence electrons. The molecular formula is C15H8ClFO3. The first-order valence-electron chi connectivity index (χ1n) is 5.77. The summed E-state index contributed by atoms with van der Waals surface area (Å²) in [5.74, 6) is -1.33. The SMILES string of the molecule is O=C(O)c1c(-c2ccc(F)cc2)oc2ccc(Cl)cc12. The van der Waals surface area contributed by atoms with Crippen LogP contribution in [0.1, 0.15) is 10.4 Å². The Balaban J connectivity index is 2.32. The summed E-state index contributed by atoms with van der Waals surface area (Å²) in [6.07, 6.45) is 0. The summed E-state index contributed by atoms with van der Waals surface area (Å²) < 4.78 is 18.5. The van der Waals surface area contributed by atoms with Crippen LogP contribution in [0.25, 0.3) is 22.3 Å². The van der Waals surface area contributed by atoms with Gasteiger partial charge in [-0.3, -0.25) is 0 Å². The zero-order valence-corrected chi connectivity index (χ0v) is 10.8. The Morgan fingerprint density at radius 2 is 1.85 bits per heavy atom. The van der Waals surface area contributed by atoms with Crippen molar-refractivity contribution in [1.82, 2.24) is 0 Å². The molecule has 1 N–H and O–H groups in total. The van der Waals surface area contributed by atoms with Crippen molar-refractivity contribution in [1.29, 1.82) is 0 Å². The van der Waals surface area contributed by atoms with E-state index in [1.807, 2.05) is 0 Å². The van der Waals surface area contributed by atoms with E-state index in [9.17, 15) is 14.3 Å². The van der Waals surface area contributed by atoms with E-state index in [0.717, 1.165) is 0 Å². The van der Waals surface area contributed by atoms with Gasteiger partial charge in [0.2, 0.25) is 0 Å². The maximum atomic E-state index is 13.0. The van der Waals surface area contributed by atoms with Crippen molar-refractivity contribution in [3.05, 3.63) is 58.9 Å². The maximum Gasteiger partial charge on any atom is 0.340 e. The number of carboxylic acid groups (broad SMARTS) is 1. The summed E-state index contributed by atoms with van der Waals surface area (Å²) in [5.41, 5.74) is 0.941. The van der Waals surface area contributed by atoms with Crippen LogP contribution in [-0.4, -0.2) is 11.1 Å². The van der Waals surface area contributed by atoms with Crippen LogP contribution in [0.15, 0.2) is 46.9 Å². The summed E-state index contributed by atoms with van der Waals surface area (Å²) in [6.45, 7) is 0. The summed E-state index contributed by atoms with van der Waals surface area (Å²) >= 11 is 5.89. The maximum absolute atomic E-state index is 13.0. The highest BCUT2D eigenvalue weighted by Crippen LogP contribution is 2.35. The Morgan fingerprint density at radius 1 is 1.15 bits per heavy atom. The van der Waals surface area contributed by atoms with Crippen molar-refractivity contribution in [2.45, 2.75) is 0 Å². The van der Waals surface area contributed by atoms with Crippen molar-refractivity contribution < 1.29 is 18.7 Å². The van der Waals surface area contributed by atoms with E-state index in [0.29, 0.717) is 21.6 Å². The number of aromatic carboxylic acids is 1. The van der Waals surface area contributed by atoms with E-state index in [1.54, 1.807) is 12.1 Å². The van der Waals surface area contributed by atoms with Crippen molar-refractivity contribution in [2.24, 2.45) is 0 Å². The number of hydrogen-bond acceptors (Lipinski definition) is 2. The van der Waals surface area contributed by atoms with Gasteiger partial charge in [0.05, 0.1) is 0 Å². The minimum atomic E-state index is -1.12. The number of carbonyl (C=O) groups is 1. The molecule has 3 nitrogen and oxygen atoms in total. The Bertz CT molecular complexity index is 806. The first-order chi connectivity index (χ1) is 9.56. The molecule has 0 aliphatic rings. The van der Waals surface area contributed by atoms with Crippen LogP contribution in [0.3, 0.4) is 0 Å². The standard InChI is InChI=1S/C15H8ClFO3/c16-9-3-6-12-11(7-9)13(15(18)19)14(20-12)8-1-4-10(17)5-2-8/h1-7H,(H,18,19). The highest BCUT2D eigenvalue weighted by Gasteiger charge is 2.21. The predicted octanol–water partition coefficient (Wildman–Crippen LogP) is 4.59. The number of rotatable bonds is 2. The molecule has 0 saturated carbocycles. The zero-order valence-electron chi connectivity index (χ0n) is 10.1. The lowest BCUT2D eigenvalue weighted by Gasteiger charge is -1.99. The van der Waals surface area contributed by atoms with E-state index in [2.05, 4.69) is 0 Å². The van der Waals surface area contributed by atoms with Gasteiger partial charge in [-0.25, -0.2) is 9.18 Å². The van der Waals surface area contributed by atoms with Gasteiger partial charge >= 0.3 is 5.97 Å². The topological polar surface area (TPSA) is 50.4 Å². The van der Waals surface area contributed by atoms with Gasteiger partial charge in [0, 0.05) is 16.0 Å². The highest BCUT2D eigenvalue weighted by molar-refractivity contribution is 6.31. The lowest BCUT2D eigenvalue weighted by Crippen LogP contribution is -1.97. The Labute approximate surface area is 118 Å². The lowest BCUT2D eigenvalue weighted by atomic mass is 10.1. The molecule has 0 amide bonds. The second kappa shape index (κ2) is 4.65. The van der Waals surface area contributed by atoms with Crippen molar-refractivity contribution in [3.63, 3.8) is 0 Å². The smallest absolute Gasteiger partial charge is 0.340 e. The molecule has 0 saturated heterocycles. The van der Waals surface area contributed by atoms with Crippen molar-refractivity contribution in [2.75, 3.05) is 0 Å². The molecule has 5 heteroatoms. The fourth-order valence-electron chi connectivity index (χ4n) is 2.09. The molecule has 0 atom stereocenters. The van der Waals surface area contributed by atoms with Gasteiger partial charge in [0.25, 0.3) is 0 Å². The summed E-state index contributed by atoms with van der Waals surface area (Å²) in [7, 11) is 0. The first-order valence-corrected chi connectivity index (χ1v) is 6.15. The number of benzene rings is 2. The molecular weight excluding hydrogens is 283 g/mol. The van der Waals surface area contributed by atoms with Crippen molar-refractivity contribution >= 4 is 28.5 Å². The molecule has 0 fully saturated rings. The average molecular weight is 291 g/mol. The summed E-state index contributed by atoms with van der Waals surface area (Å²) in [5, 5.41) is 10.2. The van der Waals surface area contributed by atoms with Crippen LogP contribution in [-0.2, 0) is 0 Å². The molecule has 0 aliphatic heterocycles. The largest absolute Gasteiger partial charge is 0.478 e. The Morgan fingerprint density at radius 3 is 2.50 bits per heavy atom. The van der Waals surface area contributed by atoms with Gasteiger partial charge < -0.3 is 9.52 Å². The van der Waals surface area contributed by atoms with Crippen molar-refractivity contribution in [3.8, 4) is 11.3 Å². The average Bonchev–Trinajstić information content (AvgIpc) is 2.78. The van der Waals surface area contributed by atoms with Gasteiger partial charge in [-0.05, 0) is 42.5 Å². The highest BCUT2D eigenvalue weighted by atomic mass is 35.5. The molecule has 0 spiro atoms. The van der Waals surface area contributed by atoms with Crippen LogP contribution in [0.5, 0.6) is 0 Å². The van der Waals surface area contributed by atoms with Gasteiger partial charge in [-0.15, -0.1) is 0 Å². The van der Waals surface area contributed by atoms with Crippen LogP contribution >= 0.6 is 11.6 Å². The molecule has 0 radical (unpaired) electrons. The molecule has 3 aromatic rings. The van der Waals surface area contributed by atoms with E-state index in [4.69, 9.17) is 16.0 Å². The first kappa shape index (κ1) is 12.7. The molecule has 0 unspecified atom stereocenters. The van der Waals surface area contributed by atoms with Crippen LogP contribution in [0, 0.1) is 5.82 Å². The molecule has 0 aliphatic carbocycles. The van der Waals surface area contributed by atoms with E-state index in [-0.39, 0.29) is 11.3 Å². The van der Waals surface area contributed by atoms with Crippen LogP contribution in [0.2, 0.25) is 5.02 Å². The number of carboxylic acids is 1. The fraction of sp³-hybridized carbons (Fsp3) is 0. The van der Waals surface area contributed by atoms with E-state index < -0.39 is 11.8 Å². The predicted molar refractivity (Wildman–Crippen MR) is 73.6 cm³/mol. The normalized spacial score (nSPS) is 10.9. The molecule has 1 aromatic heterocycles. The minimum Gasteiger partial charge on any atom is -0.478 e. The molecule has 3 rings (SSSR count). The molecule has 2 aromatic carbocycles. The summed E-state index contributed by atoms with van der Waals surface area (Å²) in [6, 6.07) is 10.2. The molecule has 1 heterocycles. The van der Waals surface area contributed by atoms with E-state index in [1.165, 1.54) is 30.3 Å². The Hall–Kier alpha value is -2.33. The van der Waals surface area contributed by atoms with Gasteiger partial charge in [-0.2, -0.15) is 0 Å².